The fourth-order valence-electron chi connectivity index (χ4n) is 0.656. The Morgan fingerprint density at radius 1 is 0.941 bits per heavy atom. The lowest BCUT2D eigenvalue weighted by Crippen LogP contribution is -2.40. The molecule has 0 radical (unpaired) electrons. The second-order valence-corrected chi connectivity index (χ2v) is 3.22. The Labute approximate surface area is 98.4 Å². The maximum Gasteiger partial charge on any atom is 0.151 e. The van der Waals surface area contributed by atoms with Gasteiger partial charge in [-0.25, -0.2) is 0 Å². The van der Waals surface area contributed by atoms with Gasteiger partial charge < -0.3 is 40.5 Å². The highest BCUT2D eigenvalue weighted by Gasteiger charge is 2.22. The first-order valence-corrected chi connectivity index (χ1v) is 4.94. The van der Waals surface area contributed by atoms with E-state index in [1.165, 1.54) is 0 Å². The van der Waals surface area contributed by atoms with Crippen molar-refractivity contribution < 1.29 is 40.5 Å². The molecule has 0 aliphatic rings. The standard InChI is InChI=1S/C5H10O5.C4H10O3/c6-1-3(8)5(10)4(9)2-7;5-2-1-4(7)3-6/h1,3-5,7-10H,2H2;4-7H,1-3H2/t3-,4+,5+;/m0./s1. The summed E-state index contributed by atoms with van der Waals surface area (Å²) in [5.74, 6) is 0. The van der Waals surface area contributed by atoms with Crippen LogP contribution in [0.25, 0.3) is 0 Å². The minimum absolute atomic E-state index is 0.0677. The van der Waals surface area contributed by atoms with Gasteiger partial charge in [0.15, 0.2) is 6.29 Å². The van der Waals surface area contributed by atoms with Crippen LogP contribution >= 0.6 is 0 Å². The highest BCUT2D eigenvalue weighted by Crippen LogP contribution is 1.96. The molecule has 17 heavy (non-hydrogen) atoms. The van der Waals surface area contributed by atoms with E-state index in [9.17, 15) is 4.79 Å². The zero-order valence-electron chi connectivity index (χ0n) is 9.25. The molecule has 0 rings (SSSR count). The molecule has 0 aromatic carbocycles. The topological polar surface area (TPSA) is 159 Å². The number of carbonyl (C=O) groups is 1. The summed E-state index contributed by atoms with van der Waals surface area (Å²) < 4.78 is 0. The molecule has 0 saturated heterocycles. The Bertz CT molecular complexity index is 176. The molecular weight excluding hydrogens is 236 g/mol. The predicted octanol–water partition coefficient (Wildman–Crippen LogP) is -4.02. The second-order valence-electron chi connectivity index (χ2n) is 3.22. The minimum Gasteiger partial charge on any atom is -0.396 e. The molecule has 0 aliphatic heterocycles. The van der Waals surface area contributed by atoms with E-state index in [1.54, 1.807) is 0 Å². The number of aldehydes is 1. The van der Waals surface area contributed by atoms with Crippen molar-refractivity contribution in [1.82, 2.24) is 0 Å². The van der Waals surface area contributed by atoms with Crippen LogP contribution < -0.4 is 0 Å². The van der Waals surface area contributed by atoms with Crippen molar-refractivity contribution in [3.63, 3.8) is 0 Å². The molecule has 8 nitrogen and oxygen atoms in total. The molecule has 0 amide bonds. The van der Waals surface area contributed by atoms with Crippen molar-refractivity contribution in [3.8, 4) is 0 Å². The Morgan fingerprint density at radius 2 is 1.47 bits per heavy atom. The van der Waals surface area contributed by atoms with E-state index >= 15 is 0 Å². The maximum absolute atomic E-state index is 9.76. The predicted molar refractivity (Wildman–Crippen MR) is 56.0 cm³/mol. The molecule has 8 heteroatoms. The van der Waals surface area contributed by atoms with Crippen LogP contribution in [0.4, 0.5) is 0 Å². The minimum atomic E-state index is -1.64. The zero-order valence-corrected chi connectivity index (χ0v) is 9.25. The van der Waals surface area contributed by atoms with Crippen molar-refractivity contribution in [2.24, 2.45) is 0 Å². The quantitative estimate of drug-likeness (QED) is 0.227. The van der Waals surface area contributed by atoms with Crippen LogP contribution in [0.15, 0.2) is 0 Å². The number of carbonyl (C=O) groups excluding carboxylic acids is 1. The average Bonchev–Trinajstić information content (AvgIpc) is 2.36. The number of aliphatic hydroxyl groups is 7. The maximum atomic E-state index is 9.76. The lowest BCUT2D eigenvalue weighted by molar-refractivity contribution is -0.127. The van der Waals surface area contributed by atoms with Gasteiger partial charge in [-0.3, -0.25) is 0 Å². The van der Waals surface area contributed by atoms with E-state index in [1.807, 2.05) is 0 Å². The van der Waals surface area contributed by atoms with E-state index in [0.29, 0.717) is 0 Å². The average molecular weight is 256 g/mol. The van der Waals surface area contributed by atoms with Gasteiger partial charge in [-0.15, -0.1) is 0 Å². The third kappa shape index (κ3) is 10.3. The number of hydrogen-bond donors (Lipinski definition) is 7. The lowest BCUT2D eigenvalue weighted by atomic mass is 10.1. The second kappa shape index (κ2) is 11.9. The van der Waals surface area contributed by atoms with E-state index in [4.69, 9.17) is 35.7 Å². The van der Waals surface area contributed by atoms with Gasteiger partial charge in [0, 0.05) is 6.61 Å². The first kappa shape index (κ1) is 18.7. The largest absolute Gasteiger partial charge is 0.396 e. The van der Waals surface area contributed by atoms with E-state index in [-0.39, 0.29) is 25.9 Å². The van der Waals surface area contributed by atoms with Crippen molar-refractivity contribution in [2.75, 3.05) is 19.8 Å². The molecule has 0 aromatic heterocycles. The van der Waals surface area contributed by atoms with Crippen LogP contribution in [0.3, 0.4) is 0 Å². The van der Waals surface area contributed by atoms with Crippen LogP contribution in [0.2, 0.25) is 0 Å². The Kier molecular flexibility index (Phi) is 13.1. The molecule has 0 bridgehead atoms. The summed E-state index contributed by atoms with van der Waals surface area (Å²) in [6.07, 6.45) is -5.12. The van der Waals surface area contributed by atoms with Gasteiger partial charge in [-0.1, -0.05) is 0 Å². The summed E-state index contributed by atoms with van der Waals surface area (Å²) >= 11 is 0. The van der Waals surface area contributed by atoms with E-state index in [0.717, 1.165) is 0 Å². The Balaban J connectivity index is 0. The number of hydrogen-bond acceptors (Lipinski definition) is 8. The van der Waals surface area contributed by atoms with Crippen LogP contribution in [0, 0.1) is 0 Å². The molecule has 7 N–H and O–H groups in total. The summed E-state index contributed by atoms with van der Waals surface area (Å²) in [6.45, 7) is -1.02. The molecular formula is C9H20O8. The Hall–Kier alpha value is -0.610. The van der Waals surface area contributed by atoms with Crippen molar-refractivity contribution >= 4 is 6.29 Å². The normalized spacial score (nSPS) is 17.4. The lowest BCUT2D eigenvalue weighted by Gasteiger charge is -2.16. The van der Waals surface area contributed by atoms with Gasteiger partial charge >= 0.3 is 0 Å². The molecule has 0 aromatic rings. The zero-order chi connectivity index (χ0) is 13.8. The number of aliphatic hydroxyl groups excluding tert-OH is 7. The van der Waals surface area contributed by atoms with E-state index in [2.05, 4.69) is 0 Å². The van der Waals surface area contributed by atoms with Crippen LogP contribution in [0.5, 0.6) is 0 Å². The highest BCUT2D eigenvalue weighted by atomic mass is 16.4. The van der Waals surface area contributed by atoms with Gasteiger partial charge in [0.25, 0.3) is 0 Å². The third-order valence-corrected chi connectivity index (χ3v) is 1.74. The van der Waals surface area contributed by atoms with Gasteiger partial charge in [0.1, 0.15) is 18.3 Å². The summed E-state index contributed by atoms with van der Waals surface area (Å²) in [5, 5.41) is 58.7. The van der Waals surface area contributed by atoms with Gasteiger partial charge in [-0.2, -0.15) is 0 Å². The highest BCUT2D eigenvalue weighted by molar-refractivity contribution is 5.56. The van der Waals surface area contributed by atoms with Crippen LogP contribution in [-0.4, -0.2) is 86.3 Å². The van der Waals surface area contributed by atoms with Gasteiger partial charge in [0.2, 0.25) is 0 Å². The first-order chi connectivity index (χ1) is 7.94. The molecule has 1 unspecified atom stereocenters. The summed E-state index contributed by atoms with van der Waals surface area (Å²) in [4.78, 5) is 9.76. The first-order valence-electron chi connectivity index (χ1n) is 4.94. The molecule has 0 heterocycles. The monoisotopic (exact) mass is 256 g/mol. The molecule has 0 aliphatic carbocycles. The fraction of sp³-hybridized carbons (Fsp3) is 0.889. The Morgan fingerprint density at radius 3 is 1.71 bits per heavy atom. The fourth-order valence-corrected chi connectivity index (χ4v) is 0.656. The summed E-state index contributed by atoms with van der Waals surface area (Å²) in [6, 6.07) is 0. The third-order valence-electron chi connectivity index (χ3n) is 1.74. The van der Waals surface area contributed by atoms with E-state index < -0.39 is 31.0 Å². The van der Waals surface area contributed by atoms with Crippen molar-refractivity contribution in [1.29, 1.82) is 0 Å². The van der Waals surface area contributed by atoms with Gasteiger partial charge in [-0.05, 0) is 6.42 Å². The summed E-state index contributed by atoms with van der Waals surface area (Å²) in [7, 11) is 0. The number of rotatable bonds is 7. The molecule has 104 valence electrons. The molecule has 0 saturated carbocycles. The van der Waals surface area contributed by atoms with Crippen LogP contribution in [0.1, 0.15) is 6.42 Å². The summed E-state index contributed by atoms with van der Waals surface area (Å²) in [5.41, 5.74) is 0. The van der Waals surface area contributed by atoms with Crippen molar-refractivity contribution in [2.45, 2.75) is 30.8 Å². The molecule has 0 spiro atoms. The smallest absolute Gasteiger partial charge is 0.151 e. The molecule has 4 atom stereocenters. The van der Waals surface area contributed by atoms with Crippen molar-refractivity contribution in [3.05, 3.63) is 0 Å². The SMILES string of the molecule is O=C[C@H](O)[C@@H](O)[C@H](O)CO.OCCC(O)CO. The van der Waals surface area contributed by atoms with Gasteiger partial charge in [0.05, 0.1) is 19.3 Å². The molecule has 0 fully saturated rings. The van der Waals surface area contributed by atoms with Crippen LogP contribution in [-0.2, 0) is 4.79 Å².